The average molecular weight is 239 g/mol. The first-order valence-corrected chi connectivity index (χ1v) is 6.46. The molecule has 0 spiro atoms. The zero-order chi connectivity index (χ0) is 14.0. The predicted molar refractivity (Wildman–Crippen MR) is 78.0 cm³/mol. The molecular weight excluding hydrogens is 210 g/mol. The normalized spacial score (nSPS) is 8.76. The van der Waals surface area contributed by atoms with Crippen LogP contribution in [0, 0.1) is 6.92 Å². The minimum Gasteiger partial charge on any atom is -0.371 e. The monoisotopic (exact) mass is 239 g/mol. The fourth-order valence-corrected chi connectivity index (χ4v) is 1.07. The average Bonchev–Trinajstić information content (AvgIpc) is 2.79. The Labute approximate surface area is 107 Å². The van der Waals surface area contributed by atoms with Gasteiger partial charge in [-0.3, -0.25) is 0 Å². The Balaban J connectivity index is 0. The summed E-state index contributed by atoms with van der Waals surface area (Å²) in [6.07, 6.45) is 1.82. The molecule has 17 heavy (non-hydrogen) atoms. The fourth-order valence-electron chi connectivity index (χ4n) is 1.07. The quantitative estimate of drug-likeness (QED) is 0.862. The molecule has 0 saturated heterocycles. The summed E-state index contributed by atoms with van der Waals surface area (Å²) in [5, 5.41) is 0. The lowest BCUT2D eigenvalue weighted by atomic mass is 10.2. The van der Waals surface area contributed by atoms with Gasteiger partial charge in [0, 0.05) is 13.1 Å². The summed E-state index contributed by atoms with van der Waals surface area (Å²) in [6.45, 7) is 18.2. The van der Waals surface area contributed by atoms with Crippen molar-refractivity contribution in [2.75, 3.05) is 7.05 Å². The van der Waals surface area contributed by atoms with Gasteiger partial charge in [-0.05, 0) is 20.8 Å². The minimum absolute atomic E-state index is 0.455. The number of rotatable bonds is 3. The number of nitrogens with one attached hydrogen (secondary N) is 1. The topological polar surface area (TPSA) is 31.9 Å². The van der Waals surface area contributed by atoms with Crippen LogP contribution in [-0.4, -0.2) is 28.0 Å². The van der Waals surface area contributed by atoms with Gasteiger partial charge in [-0.2, -0.15) is 0 Å². The third-order valence-corrected chi connectivity index (χ3v) is 2.21. The lowest BCUT2D eigenvalue weighted by Crippen LogP contribution is -2.24. The van der Waals surface area contributed by atoms with Crippen LogP contribution in [-0.2, 0) is 0 Å². The van der Waals surface area contributed by atoms with Crippen molar-refractivity contribution in [3.63, 3.8) is 0 Å². The molecule has 0 fully saturated rings. The summed E-state index contributed by atoms with van der Waals surface area (Å²) in [5.41, 5.74) is 1.98. The molecule has 0 amide bonds. The number of aromatic nitrogens is 2. The second kappa shape index (κ2) is 9.94. The van der Waals surface area contributed by atoms with Crippen molar-refractivity contribution >= 4 is 5.70 Å². The van der Waals surface area contributed by atoms with Gasteiger partial charge in [0.2, 0.25) is 0 Å². The van der Waals surface area contributed by atoms with Crippen molar-refractivity contribution in [3.8, 4) is 0 Å². The van der Waals surface area contributed by atoms with E-state index in [4.69, 9.17) is 0 Å². The zero-order valence-corrected chi connectivity index (χ0v) is 12.8. The molecule has 1 aromatic rings. The smallest absolute Gasteiger partial charge is 0.103 e. The van der Waals surface area contributed by atoms with Crippen LogP contribution in [0.5, 0.6) is 0 Å². The third kappa shape index (κ3) is 6.15. The first-order valence-electron chi connectivity index (χ1n) is 6.46. The number of hydrogen-bond acceptors (Lipinski definition) is 2. The van der Waals surface area contributed by atoms with Gasteiger partial charge in [0.25, 0.3) is 0 Å². The van der Waals surface area contributed by atoms with E-state index in [1.807, 2.05) is 47.9 Å². The van der Waals surface area contributed by atoms with Crippen molar-refractivity contribution in [3.05, 3.63) is 24.3 Å². The van der Waals surface area contributed by atoms with Crippen LogP contribution < -0.4 is 0 Å². The molecule has 1 N–H and O–H groups in total. The van der Waals surface area contributed by atoms with Gasteiger partial charge in [0.15, 0.2) is 0 Å². The molecule has 0 bridgehead atoms. The van der Waals surface area contributed by atoms with Gasteiger partial charge in [-0.25, -0.2) is 4.98 Å². The first kappa shape index (κ1) is 18.1. The Morgan fingerprint density at radius 3 is 2.06 bits per heavy atom. The molecule has 1 heterocycles. The molecule has 100 valence electrons. The van der Waals surface area contributed by atoms with E-state index in [9.17, 15) is 0 Å². The maximum atomic E-state index is 4.14. The molecule has 1 aromatic heterocycles. The second-order valence-electron chi connectivity index (χ2n) is 3.53. The van der Waals surface area contributed by atoms with E-state index < -0.39 is 0 Å². The molecule has 0 radical (unpaired) electrons. The van der Waals surface area contributed by atoms with E-state index in [0.717, 1.165) is 17.2 Å². The van der Waals surface area contributed by atoms with Gasteiger partial charge in [-0.1, -0.05) is 34.3 Å². The third-order valence-electron chi connectivity index (χ3n) is 2.21. The van der Waals surface area contributed by atoms with Gasteiger partial charge in [0.1, 0.15) is 5.82 Å². The summed E-state index contributed by atoms with van der Waals surface area (Å²) in [4.78, 5) is 9.41. The molecule has 0 aliphatic carbocycles. The highest BCUT2D eigenvalue weighted by Gasteiger charge is 2.09. The Kier molecular flexibility index (Phi) is 10.6. The number of imidazole rings is 1. The Morgan fingerprint density at radius 1 is 1.29 bits per heavy atom. The van der Waals surface area contributed by atoms with Crippen LogP contribution in [0.3, 0.4) is 0 Å². The molecule has 1 rings (SSSR count). The highest BCUT2D eigenvalue weighted by atomic mass is 15.1. The van der Waals surface area contributed by atoms with Gasteiger partial charge in [-0.15, -0.1) is 0 Å². The van der Waals surface area contributed by atoms with Crippen LogP contribution in [0.1, 0.15) is 53.1 Å². The Hall–Kier alpha value is -1.25. The molecule has 0 atom stereocenters. The van der Waals surface area contributed by atoms with E-state index in [-0.39, 0.29) is 0 Å². The highest BCUT2D eigenvalue weighted by molar-refractivity contribution is 5.57. The number of hydrogen-bond donors (Lipinski definition) is 1. The van der Waals surface area contributed by atoms with E-state index in [1.54, 1.807) is 0 Å². The Bertz CT molecular complexity index is 300. The number of aromatic amines is 1. The summed E-state index contributed by atoms with van der Waals surface area (Å²) in [7, 11) is 2.03. The molecule has 0 unspecified atom stereocenters. The van der Waals surface area contributed by atoms with Gasteiger partial charge in [0.05, 0.1) is 17.6 Å². The maximum Gasteiger partial charge on any atom is 0.103 e. The lowest BCUT2D eigenvalue weighted by Gasteiger charge is -2.24. The van der Waals surface area contributed by atoms with E-state index >= 15 is 0 Å². The largest absolute Gasteiger partial charge is 0.371 e. The number of nitrogens with zero attached hydrogens (tertiary/aromatic N) is 2. The standard InChI is InChI=1S/C10H17N3.2C2H6/c1-7(2)13(5)8(3)10-6-11-9(4)12-10;2*1-2/h6-7H,3H2,1-2,4-5H3,(H,11,12);2*1-2H3. The summed E-state index contributed by atoms with van der Waals surface area (Å²) in [6, 6.07) is 0.455. The molecule has 0 aliphatic heterocycles. The maximum absolute atomic E-state index is 4.14. The zero-order valence-electron chi connectivity index (χ0n) is 12.8. The number of H-pyrrole nitrogens is 1. The SMILES string of the molecule is C=C(c1cnc(C)[nH]1)N(C)C(C)C.CC.CC. The van der Waals surface area contributed by atoms with Crippen LogP contribution in [0.2, 0.25) is 0 Å². The van der Waals surface area contributed by atoms with Crippen molar-refractivity contribution < 1.29 is 0 Å². The number of aryl methyl sites for hydroxylation is 1. The van der Waals surface area contributed by atoms with E-state index in [0.29, 0.717) is 6.04 Å². The molecule has 0 aliphatic rings. The van der Waals surface area contributed by atoms with Crippen LogP contribution in [0.4, 0.5) is 0 Å². The molecule has 3 heteroatoms. The van der Waals surface area contributed by atoms with Crippen molar-refractivity contribution in [1.82, 2.24) is 14.9 Å². The molecule has 0 aromatic carbocycles. The molecule has 3 nitrogen and oxygen atoms in total. The van der Waals surface area contributed by atoms with Crippen LogP contribution in [0.15, 0.2) is 12.8 Å². The lowest BCUT2D eigenvalue weighted by molar-refractivity contribution is 0.396. The van der Waals surface area contributed by atoms with Crippen LogP contribution >= 0.6 is 0 Å². The van der Waals surface area contributed by atoms with E-state index in [1.165, 1.54) is 0 Å². The highest BCUT2D eigenvalue weighted by Crippen LogP contribution is 2.15. The Morgan fingerprint density at radius 2 is 1.76 bits per heavy atom. The predicted octanol–water partition coefficient (Wildman–Crippen LogP) is 4.08. The molecule has 0 saturated carbocycles. The summed E-state index contributed by atoms with van der Waals surface area (Å²) in [5.74, 6) is 0.924. The minimum atomic E-state index is 0.455. The van der Waals surface area contributed by atoms with E-state index in [2.05, 4.69) is 35.3 Å². The second-order valence-corrected chi connectivity index (χ2v) is 3.53. The summed E-state index contributed by atoms with van der Waals surface area (Å²) < 4.78 is 0. The fraction of sp³-hybridized carbons (Fsp3) is 0.643. The van der Waals surface area contributed by atoms with Crippen LogP contribution in [0.25, 0.3) is 5.70 Å². The summed E-state index contributed by atoms with van der Waals surface area (Å²) >= 11 is 0. The van der Waals surface area contributed by atoms with Crippen molar-refractivity contribution in [1.29, 1.82) is 0 Å². The van der Waals surface area contributed by atoms with Gasteiger partial charge < -0.3 is 9.88 Å². The van der Waals surface area contributed by atoms with Crippen molar-refractivity contribution in [2.24, 2.45) is 0 Å². The first-order chi connectivity index (χ1) is 8.02. The van der Waals surface area contributed by atoms with Crippen molar-refractivity contribution in [2.45, 2.75) is 54.5 Å². The molecular formula is C14H29N3. The van der Waals surface area contributed by atoms with Gasteiger partial charge >= 0.3 is 0 Å².